The summed E-state index contributed by atoms with van der Waals surface area (Å²) in [5.74, 6) is -0.385. The van der Waals surface area contributed by atoms with Gasteiger partial charge in [0.15, 0.2) is 0 Å². The molecule has 0 saturated heterocycles. The molecule has 4 unspecified atom stereocenters. The molecule has 0 spiro atoms. The Labute approximate surface area is 256 Å². The van der Waals surface area contributed by atoms with Crippen molar-refractivity contribution in [2.75, 3.05) is 5.32 Å². The number of hydrogen-bond donors (Lipinski definition) is 2. The largest absolute Gasteiger partial charge is 0.444 e. The minimum absolute atomic E-state index is 0.153. The maximum absolute atomic E-state index is 14.8. The maximum atomic E-state index is 14.8. The maximum Gasteiger partial charge on any atom is 0.408 e. The van der Waals surface area contributed by atoms with Crippen LogP contribution in [0.15, 0.2) is 66.7 Å². The summed E-state index contributed by atoms with van der Waals surface area (Å²) >= 11 is 0. The van der Waals surface area contributed by atoms with Gasteiger partial charge in [-0.25, -0.2) is 4.79 Å². The van der Waals surface area contributed by atoms with Crippen molar-refractivity contribution in [3.05, 3.63) is 100 Å². The number of carbonyl (C=O) groups is 3. The van der Waals surface area contributed by atoms with Gasteiger partial charge >= 0.3 is 6.09 Å². The highest BCUT2D eigenvalue weighted by atomic mass is 16.6. The van der Waals surface area contributed by atoms with E-state index >= 15 is 0 Å². The predicted octanol–water partition coefficient (Wildman–Crippen LogP) is 6.97. The molecule has 228 valence electrons. The van der Waals surface area contributed by atoms with E-state index in [2.05, 4.69) is 17.6 Å². The van der Waals surface area contributed by atoms with E-state index < -0.39 is 23.8 Å². The van der Waals surface area contributed by atoms with Crippen LogP contribution in [0.1, 0.15) is 73.5 Å². The molecule has 3 aromatic carbocycles. The van der Waals surface area contributed by atoms with Crippen molar-refractivity contribution in [2.45, 2.75) is 92.0 Å². The average molecular weight is 584 g/mol. The zero-order valence-corrected chi connectivity index (χ0v) is 26.7. The van der Waals surface area contributed by atoms with Crippen LogP contribution in [-0.2, 0) is 20.7 Å². The molecule has 4 rings (SSSR count). The minimum Gasteiger partial charge on any atom is -0.444 e. The van der Waals surface area contributed by atoms with Gasteiger partial charge in [0.25, 0.3) is 5.91 Å². The van der Waals surface area contributed by atoms with Crippen LogP contribution in [-0.4, -0.2) is 40.5 Å². The Balaban J connectivity index is 1.80. The molecule has 3 amide bonds. The molecule has 1 fully saturated rings. The molecule has 1 aliphatic rings. The summed E-state index contributed by atoms with van der Waals surface area (Å²) in [6, 6.07) is 19.4. The van der Waals surface area contributed by atoms with E-state index in [9.17, 15) is 14.4 Å². The van der Waals surface area contributed by atoms with Crippen LogP contribution in [0.3, 0.4) is 0 Å². The van der Waals surface area contributed by atoms with Crippen LogP contribution in [0.25, 0.3) is 0 Å². The summed E-state index contributed by atoms with van der Waals surface area (Å²) in [5, 5.41) is 6.03. The number of benzene rings is 3. The number of alkyl carbamates (subject to hydrolysis) is 1. The van der Waals surface area contributed by atoms with Crippen molar-refractivity contribution in [2.24, 2.45) is 5.92 Å². The smallest absolute Gasteiger partial charge is 0.408 e. The molecule has 0 heterocycles. The van der Waals surface area contributed by atoms with Gasteiger partial charge in [-0.1, -0.05) is 79.2 Å². The van der Waals surface area contributed by atoms with Gasteiger partial charge in [-0.3, -0.25) is 9.59 Å². The summed E-state index contributed by atoms with van der Waals surface area (Å²) in [6.45, 7) is 15.3. The van der Waals surface area contributed by atoms with E-state index in [1.54, 1.807) is 25.7 Å². The van der Waals surface area contributed by atoms with Crippen molar-refractivity contribution in [1.29, 1.82) is 0 Å². The molecule has 1 saturated carbocycles. The summed E-state index contributed by atoms with van der Waals surface area (Å²) in [5.41, 5.74) is 5.47. The van der Waals surface area contributed by atoms with Crippen molar-refractivity contribution in [3.8, 4) is 0 Å². The van der Waals surface area contributed by atoms with Gasteiger partial charge in [0.1, 0.15) is 17.7 Å². The number of ether oxygens (including phenoxy) is 1. The second-order valence-electron chi connectivity index (χ2n) is 12.9. The number of nitrogens with one attached hydrogen (secondary N) is 2. The van der Waals surface area contributed by atoms with E-state index in [0.717, 1.165) is 45.5 Å². The Kier molecular flexibility index (Phi) is 9.63. The topological polar surface area (TPSA) is 87.7 Å². The molecular weight excluding hydrogens is 538 g/mol. The first kappa shape index (κ1) is 31.8. The van der Waals surface area contributed by atoms with Crippen LogP contribution in [0.4, 0.5) is 10.5 Å². The lowest BCUT2D eigenvalue weighted by atomic mass is 9.95. The number of aryl methyl sites for hydroxylation is 4. The molecule has 43 heavy (non-hydrogen) atoms. The van der Waals surface area contributed by atoms with Crippen LogP contribution in [0.2, 0.25) is 0 Å². The van der Waals surface area contributed by atoms with E-state index in [-0.39, 0.29) is 30.2 Å². The van der Waals surface area contributed by atoms with Crippen LogP contribution < -0.4 is 10.6 Å². The van der Waals surface area contributed by atoms with E-state index in [1.807, 2.05) is 94.4 Å². The molecule has 0 bridgehead atoms. The van der Waals surface area contributed by atoms with E-state index in [4.69, 9.17) is 4.74 Å². The zero-order chi connectivity index (χ0) is 31.5. The molecule has 3 aromatic rings. The summed E-state index contributed by atoms with van der Waals surface area (Å²) in [6.07, 6.45) is 0.358. The zero-order valence-electron chi connectivity index (χ0n) is 26.7. The fourth-order valence-electron chi connectivity index (χ4n) is 5.53. The average Bonchev–Trinajstić information content (AvgIpc) is 3.65. The molecule has 0 radical (unpaired) electrons. The third-order valence-electron chi connectivity index (χ3n) is 7.94. The fourth-order valence-corrected chi connectivity index (χ4v) is 5.53. The van der Waals surface area contributed by atoms with Gasteiger partial charge in [0.2, 0.25) is 5.91 Å². The highest BCUT2D eigenvalue weighted by Gasteiger charge is 2.48. The highest BCUT2D eigenvalue weighted by molar-refractivity contribution is 6.00. The predicted molar refractivity (Wildman–Crippen MR) is 171 cm³/mol. The third kappa shape index (κ3) is 8.04. The third-order valence-corrected chi connectivity index (χ3v) is 7.94. The van der Waals surface area contributed by atoms with Crippen molar-refractivity contribution in [3.63, 3.8) is 0 Å². The van der Waals surface area contributed by atoms with Gasteiger partial charge < -0.3 is 20.3 Å². The van der Waals surface area contributed by atoms with Crippen LogP contribution in [0.5, 0.6) is 0 Å². The number of rotatable bonds is 9. The van der Waals surface area contributed by atoms with E-state index in [1.165, 1.54) is 0 Å². The van der Waals surface area contributed by atoms with Crippen molar-refractivity contribution >= 4 is 23.6 Å². The molecule has 4 atom stereocenters. The lowest BCUT2D eigenvalue weighted by Crippen LogP contribution is -2.54. The van der Waals surface area contributed by atoms with Crippen molar-refractivity contribution in [1.82, 2.24) is 10.2 Å². The van der Waals surface area contributed by atoms with Gasteiger partial charge in [-0.15, -0.1) is 0 Å². The summed E-state index contributed by atoms with van der Waals surface area (Å²) < 4.78 is 5.57. The molecule has 7 nitrogen and oxygen atoms in total. The number of para-hydroxylation sites is 1. The first-order valence-corrected chi connectivity index (χ1v) is 15.0. The summed E-state index contributed by atoms with van der Waals surface area (Å²) in [4.78, 5) is 44.0. The first-order valence-electron chi connectivity index (χ1n) is 15.0. The quantitative estimate of drug-likeness (QED) is 0.285. The van der Waals surface area contributed by atoms with Crippen LogP contribution in [0, 0.1) is 33.6 Å². The monoisotopic (exact) mass is 583 g/mol. The Hall–Kier alpha value is -4.13. The number of nitrogens with zero attached hydrogens (tertiary/aromatic N) is 1. The molecular formula is C36H45N3O4. The fraction of sp³-hybridized carbons (Fsp3) is 0.417. The number of carbonyl (C=O) groups excluding carboxylic acids is 3. The summed E-state index contributed by atoms with van der Waals surface area (Å²) in [7, 11) is 0. The van der Waals surface area contributed by atoms with Gasteiger partial charge in [-0.2, -0.15) is 0 Å². The van der Waals surface area contributed by atoms with Gasteiger partial charge in [0, 0.05) is 18.2 Å². The van der Waals surface area contributed by atoms with Gasteiger partial charge in [-0.05, 0) is 88.6 Å². The van der Waals surface area contributed by atoms with Crippen LogP contribution >= 0.6 is 0 Å². The molecule has 2 N–H and O–H groups in total. The molecule has 1 aliphatic carbocycles. The SMILES string of the molecule is Cc1ccc(C)c(C(C(=O)Nc2c(C)cccc2C)N(C(=O)C(Cc2ccccc2)NC(=O)OC(C)(C)C)C2CC2C)c1. The second kappa shape index (κ2) is 13.0. The normalized spacial score (nSPS) is 17.4. The number of hydrogen-bond acceptors (Lipinski definition) is 4. The van der Waals surface area contributed by atoms with E-state index in [0.29, 0.717) is 0 Å². The molecule has 0 aliphatic heterocycles. The number of amides is 3. The Bertz CT molecular complexity index is 1460. The first-order chi connectivity index (χ1) is 20.2. The number of anilines is 1. The molecule has 0 aromatic heterocycles. The lowest BCUT2D eigenvalue weighted by Gasteiger charge is -2.36. The minimum atomic E-state index is -0.939. The standard InChI is InChI=1S/C36H45N3O4/c1-22-17-18-23(2)28(19-22)32(33(40)38-31-24(3)13-12-14-25(31)4)39(30-20-26(30)5)34(41)29(21-27-15-10-9-11-16-27)37-35(42)43-36(6,7)8/h9-19,26,29-30,32H,20-21H2,1-8H3,(H,37,42)(H,38,40). The molecule has 7 heteroatoms. The second-order valence-corrected chi connectivity index (χ2v) is 12.9. The Morgan fingerprint density at radius 2 is 1.53 bits per heavy atom. The highest BCUT2D eigenvalue weighted by Crippen LogP contribution is 2.42. The Morgan fingerprint density at radius 3 is 2.12 bits per heavy atom. The lowest BCUT2D eigenvalue weighted by molar-refractivity contribution is -0.141. The van der Waals surface area contributed by atoms with Crippen molar-refractivity contribution < 1.29 is 19.1 Å². The van der Waals surface area contributed by atoms with Gasteiger partial charge in [0.05, 0.1) is 0 Å². The Morgan fingerprint density at radius 1 is 0.907 bits per heavy atom.